The third-order valence-electron chi connectivity index (χ3n) is 13.6. The Kier molecular flexibility index (Phi) is 15.3. The first-order valence-electron chi connectivity index (χ1n) is 22.7. The van der Waals surface area contributed by atoms with Crippen LogP contribution >= 0.6 is 0 Å². The van der Waals surface area contributed by atoms with Crippen molar-refractivity contribution in [1.82, 2.24) is 9.21 Å². The minimum Gasteiger partial charge on any atom is -0.490 e. The van der Waals surface area contributed by atoms with Gasteiger partial charge < -0.3 is 29.0 Å². The topological polar surface area (TPSA) is 132 Å². The van der Waals surface area contributed by atoms with Gasteiger partial charge in [0.15, 0.2) is 6.61 Å². The molecule has 2 aliphatic heterocycles. The number of benzene rings is 4. The van der Waals surface area contributed by atoms with Gasteiger partial charge in [0, 0.05) is 49.5 Å². The van der Waals surface area contributed by atoms with Crippen LogP contribution < -0.4 is 14.2 Å². The molecule has 0 bridgehead atoms. The number of piperidine rings is 1. The molecule has 12 heteroatoms. The summed E-state index contributed by atoms with van der Waals surface area (Å²) >= 11 is 0. The number of carboxylic acids is 1. The van der Waals surface area contributed by atoms with Crippen LogP contribution in [0.5, 0.6) is 23.0 Å². The normalized spacial score (nSPS) is 19.1. The van der Waals surface area contributed by atoms with Gasteiger partial charge in [-0.2, -0.15) is 4.31 Å². The minimum absolute atomic E-state index is 0.103. The molecular formula is C53H68N2O9S. The van der Waals surface area contributed by atoms with Gasteiger partial charge in [-0.3, -0.25) is 4.79 Å². The summed E-state index contributed by atoms with van der Waals surface area (Å²) in [6.07, 6.45) is 2.20. The van der Waals surface area contributed by atoms with Crippen LogP contribution in [0.3, 0.4) is 0 Å². The molecule has 1 spiro atoms. The van der Waals surface area contributed by atoms with Gasteiger partial charge in [0.05, 0.1) is 18.8 Å². The van der Waals surface area contributed by atoms with Crippen molar-refractivity contribution in [3.8, 4) is 23.0 Å². The Morgan fingerprint density at radius 2 is 1.55 bits per heavy atom. The fourth-order valence-electron chi connectivity index (χ4n) is 9.03. The van der Waals surface area contributed by atoms with Crippen LogP contribution in [0.25, 0.3) is 0 Å². The summed E-state index contributed by atoms with van der Waals surface area (Å²) < 4.78 is 57.5. The lowest BCUT2D eigenvalue weighted by atomic mass is 9.63. The van der Waals surface area contributed by atoms with Crippen molar-refractivity contribution in [1.29, 1.82) is 0 Å². The highest BCUT2D eigenvalue weighted by molar-refractivity contribution is 7.89. The van der Waals surface area contributed by atoms with Crippen molar-refractivity contribution in [2.75, 3.05) is 39.9 Å². The maximum Gasteiger partial charge on any atom is 0.341 e. The molecule has 1 amide bonds. The number of carbonyl (C=O) groups excluding carboxylic acids is 1. The molecule has 1 N–H and O–H groups in total. The highest BCUT2D eigenvalue weighted by Gasteiger charge is 2.52. The van der Waals surface area contributed by atoms with E-state index < -0.39 is 34.1 Å². The van der Waals surface area contributed by atoms with Crippen molar-refractivity contribution in [2.24, 2.45) is 11.3 Å². The van der Waals surface area contributed by atoms with Crippen LogP contribution in [0.4, 0.5) is 0 Å². The van der Waals surface area contributed by atoms with Crippen molar-refractivity contribution in [3.63, 3.8) is 0 Å². The fraction of sp³-hybridized carbons (Fsp3) is 0.472. The number of likely N-dealkylation sites (N-methyl/N-ethyl adjacent to an activating group) is 1. The van der Waals surface area contributed by atoms with Gasteiger partial charge in [0.25, 0.3) is 0 Å². The third-order valence-corrected chi connectivity index (χ3v) is 15.5. The van der Waals surface area contributed by atoms with E-state index in [2.05, 4.69) is 66.3 Å². The molecular weight excluding hydrogens is 841 g/mol. The van der Waals surface area contributed by atoms with Crippen LogP contribution in [0.2, 0.25) is 0 Å². The summed E-state index contributed by atoms with van der Waals surface area (Å²) in [5.74, 6) is 0.495. The molecule has 0 aliphatic carbocycles. The van der Waals surface area contributed by atoms with Crippen LogP contribution in [0.15, 0.2) is 108 Å². The average molecular weight is 909 g/mol. The molecule has 4 aromatic carbocycles. The zero-order valence-corrected chi connectivity index (χ0v) is 40.5. The van der Waals surface area contributed by atoms with E-state index in [9.17, 15) is 23.1 Å². The lowest BCUT2D eigenvalue weighted by molar-refractivity contribution is -0.166. The summed E-state index contributed by atoms with van der Waals surface area (Å²) in [5, 5.41) is 9.69. The maximum atomic E-state index is 14.9. The molecule has 6 rings (SSSR count). The third kappa shape index (κ3) is 11.4. The minimum atomic E-state index is -4.04. The predicted molar refractivity (Wildman–Crippen MR) is 254 cm³/mol. The van der Waals surface area contributed by atoms with Crippen molar-refractivity contribution >= 4 is 21.9 Å². The van der Waals surface area contributed by atoms with E-state index in [0.29, 0.717) is 55.0 Å². The molecule has 0 aromatic heterocycles. The van der Waals surface area contributed by atoms with Gasteiger partial charge in [-0.15, -0.1) is 0 Å². The monoisotopic (exact) mass is 908 g/mol. The molecule has 2 saturated heterocycles. The number of hydrogen-bond acceptors (Lipinski definition) is 8. The highest BCUT2D eigenvalue weighted by Crippen LogP contribution is 2.55. The van der Waals surface area contributed by atoms with Gasteiger partial charge in [-0.05, 0) is 97.4 Å². The maximum absolute atomic E-state index is 14.9. The van der Waals surface area contributed by atoms with E-state index in [0.717, 1.165) is 28.7 Å². The standard InChI is InChI=1S/C53H68N2O9S/c1-11-52(8,9)39-21-23-46(61-30-29-54(10)37(4)56)47(32-39)65(59,60)55-27-25-53(26-28-55)34-42(36(2)3)50(64-48(53)31-38-17-13-12-14-18-38)41-33-40(22-24-44(41)62-35-49(57)58)63-45-20-16-15-19-43(45)51(5,6)7/h12-24,32-33,42,48,50H,2,11,25-31,34-35H2,1,3-10H3,(H,57,58)/t42-,48+,50-/m0/s1. The number of carbonyl (C=O) groups is 2. The Morgan fingerprint density at radius 1 is 0.892 bits per heavy atom. The summed E-state index contributed by atoms with van der Waals surface area (Å²) in [5.41, 5.74) is 3.69. The second-order valence-electron chi connectivity index (χ2n) is 19.6. The van der Waals surface area contributed by atoms with Crippen molar-refractivity contribution in [3.05, 3.63) is 125 Å². The van der Waals surface area contributed by atoms with Crippen LogP contribution in [0, 0.1) is 11.3 Å². The van der Waals surface area contributed by atoms with Gasteiger partial charge in [0.2, 0.25) is 15.9 Å². The van der Waals surface area contributed by atoms with E-state index in [1.165, 1.54) is 11.8 Å². The zero-order chi connectivity index (χ0) is 47.3. The molecule has 4 aromatic rings. The number of rotatable bonds is 17. The fourth-order valence-corrected chi connectivity index (χ4v) is 10.6. The number of carboxylic acid groups (broad SMARTS) is 1. The van der Waals surface area contributed by atoms with Gasteiger partial charge in [-0.25, -0.2) is 13.2 Å². The lowest BCUT2D eigenvalue weighted by Gasteiger charge is -2.53. The number of para-hydroxylation sites is 1. The first-order chi connectivity index (χ1) is 30.6. The molecule has 3 atom stereocenters. The number of nitrogens with zero attached hydrogens (tertiary/aromatic N) is 2. The molecule has 350 valence electrons. The quantitative estimate of drug-likeness (QED) is 0.103. The predicted octanol–water partition coefficient (Wildman–Crippen LogP) is 10.5. The molecule has 65 heavy (non-hydrogen) atoms. The Balaban J connectivity index is 1.36. The number of ether oxygens (including phenoxy) is 4. The zero-order valence-electron chi connectivity index (χ0n) is 39.7. The lowest BCUT2D eigenvalue weighted by Crippen LogP contribution is -2.53. The summed E-state index contributed by atoms with van der Waals surface area (Å²) in [4.78, 5) is 25.4. The van der Waals surface area contributed by atoms with Crippen molar-refractivity contribution in [2.45, 2.75) is 115 Å². The SMILES string of the molecule is C=C(C)[C@@H]1CC2(CCN(S(=O)(=O)c3cc(C(C)(C)CC)ccc3OCCN(C)C(C)=O)CC2)[C@@H](Cc2ccccc2)O[C@H]1c1cc(Oc2ccccc2C(C)(C)C)ccc1OCC(=O)O. The Morgan fingerprint density at radius 3 is 2.18 bits per heavy atom. The van der Waals surface area contributed by atoms with E-state index in [4.69, 9.17) is 18.9 Å². The molecule has 0 radical (unpaired) electrons. The van der Waals surface area contributed by atoms with Gasteiger partial charge in [0.1, 0.15) is 34.5 Å². The van der Waals surface area contributed by atoms with Gasteiger partial charge >= 0.3 is 5.97 Å². The summed E-state index contributed by atoms with van der Waals surface area (Å²) in [6.45, 7) is 21.1. The largest absolute Gasteiger partial charge is 0.490 e. The molecule has 0 saturated carbocycles. The van der Waals surface area contributed by atoms with E-state index in [1.54, 1.807) is 35.6 Å². The van der Waals surface area contributed by atoms with Crippen LogP contribution in [0.1, 0.15) is 109 Å². The smallest absolute Gasteiger partial charge is 0.341 e. The Bertz CT molecular complexity index is 2430. The number of aliphatic carboxylic acids is 1. The number of hydrogen-bond donors (Lipinski definition) is 1. The second-order valence-corrected chi connectivity index (χ2v) is 21.5. The molecule has 2 heterocycles. The molecule has 11 nitrogen and oxygen atoms in total. The van der Waals surface area contributed by atoms with E-state index in [-0.39, 0.29) is 59.1 Å². The first-order valence-corrected chi connectivity index (χ1v) is 24.2. The Labute approximate surface area is 386 Å². The van der Waals surface area contributed by atoms with E-state index in [1.807, 2.05) is 55.5 Å². The molecule has 2 aliphatic rings. The highest BCUT2D eigenvalue weighted by atomic mass is 32.2. The first kappa shape index (κ1) is 49.3. The number of sulfonamides is 1. The van der Waals surface area contributed by atoms with Gasteiger partial charge in [-0.1, -0.05) is 108 Å². The summed E-state index contributed by atoms with van der Waals surface area (Å²) in [7, 11) is -2.35. The molecule has 0 unspecified atom stereocenters. The van der Waals surface area contributed by atoms with Crippen LogP contribution in [-0.2, 0) is 41.6 Å². The second kappa shape index (κ2) is 20.1. The Hall–Kier alpha value is -5.17. The molecule has 2 fully saturated rings. The van der Waals surface area contributed by atoms with E-state index >= 15 is 0 Å². The van der Waals surface area contributed by atoms with Crippen LogP contribution in [-0.4, -0.2) is 80.6 Å². The summed E-state index contributed by atoms with van der Waals surface area (Å²) in [6, 6.07) is 29.0. The number of amides is 1. The average Bonchev–Trinajstić information content (AvgIpc) is 3.26. The van der Waals surface area contributed by atoms with Crippen molar-refractivity contribution < 1.29 is 42.1 Å².